The summed E-state index contributed by atoms with van der Waals surface area (Å²) < 4.78 is 22.3. The zero-order chi connectivity index (χ0) is 41.3. The third-order valence-electron chi connectivity index (χ3n) is 12.1. The number of aliphatic hydroxyl groups is 1. The molecule has 16 heteroatoms. The minimum atomic E-state index is -1.54. The quantitative estimate of drug-likeness (QED) is 0.153. The number of nitrogens with one attached hydrogen (secondary N) is 1. The summed E-state index contributed by atoms with van der Waals surface area (Å²) in [4.78, 5) is 76.8. The van der Waals surface area contributed by atoms with Crippen LogP contribution in [-0.2, 0) is 48.2 Å². The second kappa shape index (κ2) is 14.2. The molecular weight excluding hydrogens is 759 g/mol. The number of carbonyl (C=O) groups excluding carboxylic acids is 2. The Balaban J connectivity index is 1.15. The Hall–Kier alpha value is -6.94. The van der Waals surface area contributed by atoms with Crippen molar-refractivity contribution in [1.29, 1.82) is 0 Å². The van der Waals surface area contributed by atoms with Crippen LogP contribution in [0.25, 0.3) is 11.0 Å². The second-order valence-electron chi connectivity index (χ2n) is 15.1. The zero-order valence-corrected chi connectivity index (χ0v) is 32.7. The van der Waals surface area contributed by atoms with Gasteiger partial charge in [0.1, 0.15) is 29.2 Å². The molecule has 3 aromatic carbocycles. The van der Waals surface area contributed by atoms with Gasteiger partial charge >= 0.3 is 11.4 Å². The Morgan fingerprint density at radius 2 is 1.66 bits per heavy atom. The Labute approximate surface area is 336 Å². The van der Waals surface area contributed by atoms with Gasteiger partial charge in [0.15, 0.2) is 11.5 Å². The maximum atomic E-state index is 15.2. The Bertz CT molecular complexity index is 2880. The van der Waals surface area contributed by atoms with Gasteiger partial charge in [-0.3, -0.25) is 19.8 Å². The summed E-state index contributed by atoms with van der Waals surface area (Å²) in [5, 5.41) is 11.1. The maximum absolute atomic E-state index is 15.2. The van der Waals surface area contributed by atoms with Gasteiger partial charge < -0.3 is 23.6 Å². The number of hydrogen-bond acceptors (Lipinski definition) is 11. The number of amides is 2. The van der Waals surface area contributed by atoms with Crippen molar-refractivity contribution in [3.8, 4) is 11.5 Å². The lowest BCUT2D eigenvalue weighted by molar-refractivity contribution is -0.138. The molecule has 1 aliphatic carbocycles. The zero-order valence-electron chi connectivity index (χ0n) is 32.7. The number of ether oxygens (including phenoxy) is 2. The summed E-state index contributed by atoms with van der Waals surface area (Å²) in [5.74, 6) is -1.50. The molecule has 3 aliphatic rings. The molecule has 59 heavy (non-hydrogen) atoms. The number of furan rings is 1. The van der Waals surface area contributed by atoms with Crippen molar-refractivity contribution in [2.75, 3.05) is 19.6 Å². The number of aryl methyl sites for hydroxylation is 3. The number of hydrogen-bond donors (Lipinski definition) is 2. The second-order valence-corrected chi connectivity index (χ2v) is 15.1. The monoisotopic (exact) mass is 799 g/mol. The van der Waals surface area contributed by atoms with Crippen molar-refractivity contribution in [1.82, 2.24) is 28.5 Å². The van der Waals surface area contributed by atoms with E-state index in [9.17, 15) is 24.3 Å². The molecule has 9 rings (SSSR count). The van der Waals surface area contributed by atoms with Gasteiger partial charge in [0, 0.05) is 32.1 Å². The Morgan fingerprint density at radius 3 is 2.36 bits per heavy atom. The Morgan fingerprint density at radius 1 is 0.932 bits per heavy atom. The van der Waals surface area contributed by atoms with E-state index < -0.39 is 58.7 Å². The van der Waals surface area contributed by atoms with E-state index in [2.05, 4.69) is 10.4 Å². The summed E-state index contributed by atoms with van der Waals surface area (Å²) in [7, 11) is 4.60. The molecule has 6 aromatic rings. The normalized spacial score (nSPS) is 20.9. The standard InChI is InChI=1S/C43H41N7O9/c1-24-10-12-26(13-11-24)45-49-38(52)29-20-32-28(37(34-15-14-27(23-51)59-34)43(29,40(49)54)25-8-6-5-7-9-25)16-19-48-41(55)47(42(56)50(32)48)18-17-30-39(53)46(2)33-22-36(58-4)35(57-3)21-31(33)44-30/h5-16,21-22,29,32,37,45,51H,17-20,23H2,1-4H3. The van der Waals surface area contributed by atoms with E-state index in [1.165, 1.54) is 28.2 Å². The number of carbonyl (C=O) groups is 2. The van der Waals surface area contributed by atoms with E-state index in [4.69, 9.17) is 13.9 Å². The smallest absolute Gasteiger partial charge is 0.347 e. The van der Waals surface area contributed by atoms with Crippen LogP contribution in [0.1, 0.15) is 46.7 Å². The van der Waals surface area contributed by atoms with Crippen molar-refractivity contribution in [3.63, 3.8) is 0 Å². The van der Waals surface area contributed by atoms with Crippen LogP contribution >= 0.6 is 0 Å². The van der Waals surface area contributed by atoms with Crippen LogP contribution in [-0.4, -0.2) is 59.6 Å². The number of rotatable bonds is 10. The van der Waals surface area contributed by atoms with Gasteiger partial charge in [-0.25, -0.2) is 28.5 Å². The number of imide groups is 1. The molecule has 0 bridgehead atoms. The third kappa shape index (κ3) is 5.61. The number of allylic oxidation sites excluding steroid dienone is 2. The first-order valence-corrected chi connectivity index (χ1v) is 19.2. The van der Waals surface area contributed by atoms with E-state index in [1.807, 2.05) is 55.5 Å². The summed E-state index contributed by atoms with van der Waals surface area (Å²) in [6, 6.07) is 22.2. The third-order valence-corrected chi connectivity index (χ3v) is 12.1. The maximum Gasteiger partial charge on any atom is 0.347 e. The summed E-state index contributed by atoms with van der Waals surface area (Å²) in [6.07, 6.45) is 1.80. The minimum absolute atomic E-state index is 0.00285. The molecule has 5 heterocycles. The molecular formula is C43H41N7O9. The highest BCUT2D eigenvalue weighted by atomic mass is 16.5. The molecule has 0 radical (unpaired) electrons. The summed E-state index contributed by atoms with van der Waals surface area (Å²) in [5.41, 5.74) is 3.76. The van der Waals surface area contributed by atoms with Crippen molar-refractivity contribution in [2.45, 2.75) is 56.8 Å². The van der Waals surface area contributed by atoms with E-state index in [-0.39, 0.29) is 37.4 Å². The number of fused-ring (bicyclic) bond motifs is 5. The predicted octanol–water partition coefficient (Wildman–Crippen LogP) is 3.33. The molecule has 1 saturated heterocycles. The first kappa shape index (κ1) is 37.6. The highest BCUT2D eigenvalue weighted by Crippen LogP contribution is 2.62. The molecule has 2 aliphatic heterocycles. The Kier molecular flexibility index (Phi) is 9.03. The minimum Gasteiger partial charge on any atom is -0.493 e. The molecule has 16 nitrogen and oxygen atoms in total. The number of anilines is 1. The number of nitrogens with zero attached hydrogens (tertiary/aromatic N) is 6. The van der Waals surface area contributed by atoms with Crippen LogP contribution in [0.15, 0.2) is 109 Å². The number of methoxy groups -OCH3 is 2. The first-order valence-electron chi connectivity index (χ1n) is 19.2. The van der Waals surface area contributed by atoms with Gasteiger partial charge in [-0.15, -0.1) is 0 Å². The molecule has 2 fully saturated rings. The number of benzene rings is 3. The van der Waals surface area contributed by atoms with Crippen molar-refractivity contribution in [3.05, 3.63) is 150 Å². The average molecular weight is 800 g/mol. The van der Waals surface area contributed by atoms with Crippen molar-refractivity contribution >= 4 is 28.5 Å². The molecule has 302 valence electrons. The predicted molar refractivity (Wildman–Crippen MR) is 214 cm³/mol. The van der Waals surface area contributed by atoms with Crippen molar-refractivity contribution in [2.24, 2.45) is 13.0 Å². The highest BCUT2D eigenvalue weighted by molar-refractivity contribution is 6.12. The van der Waals surface area contributed by atoms with Crippen LogP contribution in [0.4, 0.5) is 5.69 Å². The van der Waals surface area contributed by atoms with Gasteiger partial charge in [-0.05, 0) is 48.7 Å². The van der Waals surface area contributed by atoms with Crippen LogP contribution < -0.4 is 31.8 Å². The molecule has 1 saturated carbocycles. The lowest BCUT2D eigenvalue weighted by Crippen LogP contribution is -2.53. The van der Waals surface area contributed by atoms with E-state index in [0.29, 0.717) is 45.1 Å². The topological polar surface area (TPSA) is 185 Å². The summed E-state index contributed by atoms with van der Waals surface area (Å²) in [6.45, 7) is 1.37. The van der Waals surface area contributed by atoms with Crippen LogP contribution in [0.2, 0.25) is 0 Å². The fourth-order valence-corrected chi connectivity index (χ4v) is 9.28. The van der Waals surface area contributed by atoms with Crippen LogP contribution in [0.5, 0.6) is 11.5 Å². The van der Waals surface area contributed by atoms with Gasteiger partial charge in [0.2, 0.25) is 0 Å². The highest BCUT2D eigenvalue weighted by Gasteiger charge is 2.69. The number of aliphatic hydroxyl groups excluding tert-OH is 1. The molecule has 4 unspecified atom stereocenters. The van der Waals surface area contributed by atoms with E-state index in [1.54, 1.807) is 43.4 Å². The van der Waals surface area contributed by atoms with E-state index in [0.717, 1.165) is 15.1 Å². The van der Waals surface area contributed by atoms with Crippen LogP contribution in [0, 0.1) is 12.8 Å². The SMILES string of the molecule is COc1cc2nc(CCn3c(=O)n4n(c3=O)C3CC5C(=O)N(Nc6ccc(C)cc6)C(=O)C5(c5ccccc5)C(c5ccc(CO)o5)C3=CC4)c(=O)n(C)c2cc1OC. The fraction of sp³-hybridized carbons (Fsp3) is 0.302. The fourth-order valence-electron chi connectivity index (χ4n) is 9.28. The van der Waals surface area contributed by atoms with E-state index >= 15 is 4.79 Å². The van der Waals surface area contributed by atoms with Crippen LogP contribution in [0.3, 0.4) is 0 Å². The lowest BCUT2D eigenvalue weighted by atomic mass is 9.54. The first-order chi connectivity index (χ1) is 28.5. The number of aromatic nitrogens is 5. The lowest BCUT2D eigenvalue weighted by Gasteiger charge is -2.47. The molecule has 2 N–H and O–H groups in total. The molecule has 2 amide bonds. The molecule has 3 aromatic heterocycles. The van der Waals surface area contributed by atoms with Gasteiger partial charge in [-0.2, -0.15) is 5.01 Å². The van der Waals surface area contributed by atoms with Gasteiger partial charge in [0.05, 0.1) is 55.4 Å². The van der Waals surface area contributed by atoms with Gasteiger partial charge in [0.25, 0.3) is 17.4 Å². The average Bonchev–Trinajstić information content (AvgIpc) is 3.89. The van der Waals surface area contributed by atoms with Gasteiger partial charge in [-0.1, -0.05) is 54.1 Å². The summed E-state index contributed by atoms with van der Waals surface area (Å²) >= 11 is 0. The molecule has 4 atom stereocenters. The molecule has 0 spiro atoms. The number of hydrazine groups is 1. The van der Waals surface area contributed by atoms with Crippen molar-refractivity contribution < 1.29 is 28.6 Å². The largest absolute Gasteiger partial charge is 0.493 e.